The lowest BCUT2D eigenvalue weighted by atomic mass is 10.0. The van der Waals surface area contributed by atoms with Crippen molar-refractivity contribution in [3.63, 3.8) is 0 Å². The molecule has 2 N–H and O–H groups in total. The molecule has 10 nitrogen and oxygen atoms in total. The highest BCUT2D eigenvalue weighted by atomic mass is 31.2. The zero-order chi connectivity index (χ0) is 26.2. The van der Waals surface area contributed by atoms with Gasteiger partial charge in [-0.15, -0.1) is 0 Å². The molecular weight excluding hydrogens is 485 g/mol. The van der Waals surface area contributed by atoms with E-state index in [4.69, 9.17) is 18.5 Å². The molecule has 0 bridgehead atoms. The third kappa shape index (κ3) is 8.27. The topological polar surface area (TPSA) is 121 Å². The van der Waals surface area contributed by atoms with E-state index in [1.807, 2.05) is 65.0 Å². The van der Waals surface area contributed by atoms with Gasteiger partial charge in [0.1, 0.15) is 18.0 Å². The molecule has 3 rings (SSSR count). The number of benzene rings is 1. The van der Waals surface area contributed by atoms with Gasteiger partial charge < -0.3 is 18.5 Å². The predicted molar refractivity (Wildman–Crippen MR) is 137 cm³/mol. The fourth-order valence-electron chi connectivity index (χ4n) is 3.93. The number of aromatic amines is 1. The molecule has 0 spiro atoms. The maximum Gasteiger partial charge on any atom is 0.330 e. The van der Waals surface area contributed by atoms with Gasteiger partial charge in [0.05, 0.1) is 18.8 Å². The number of ether oxygens (including phenoxy) is 2. The first kappa shape index (κ1) is 28.1. The number of carbonyl (C=O) groups excluding carboxylic acids is 1. The van der Waals surface area contributed by atoms with Crippen LogP contribution in [0, 0.1) is 11.8 Å². The molecule has 36 heavy (non-hydrogen) atoms. The second kappa shape index (κ2) is 13.1. The van der Waals surface area contributed by atoms with Crippen LogP contribution in [0.15, 0.2) is 52.2 Å². The van der Waals surface area contributed by atoms with Crippen molar-refractivity contribution >= 4 is 14.5 Å². The van der Waals surface area contributed by atoms with E-state index < -0.39 is 32.0 Å². The van der Waals surface area contributed by atoms with Crippen LogP contribution in [-0.4, -0.2) is 40.4 Å². The summed E-state index contributed by atoms with van der Waals surface area (Å²) in [6, 6.07) is 9.93. The molecule has 0 radical (unpaired) electrons. The number of H-pyrrole nitrogens is 1. The van der Waals surface area contributed by atoms with E-state index in [1.54, 1.807) is 0 Å². The van der Waals surface area contributed by atoms with Gasteiger partial charge in [-0.1, -0.05) is 39.0 Å². The summed E-state index contributed by atoms with van der Waals surface area (Å²) in [4.78, 5) is 38.7. The lowest BCUT2D eigenvalue weighted by Gasteiger charge is -2.26. The summed E-state index contributed by atoms with van der Waals surface area (Å²) in [7, 11) is -1.72. The molecule has 2 heterocycles. The second-order valence-corrected chi connectivity index (χ2v) is 10.8. The highest BCUT2D eigenvalue weighted by Crippen LogP contribution is 2.40. The number of carbonyl (C=O) groups is 1. The molecule has 1 aliphatic rings. The molecule has 11 heteroatoms. The van der Waals surface area contributed by atoms with Gasteiger partial charge in [-0.05, 0) is 44.7 Å². The average Bonchev–Trinajstić information content (AvgIpc) is 3.17. The molecule has 1 aromatic heterocycles. The Kier molecular flexibility index (Phi) is 10.2. The Morgan fingerprint density at radius 1 is 1.19 bits per heavy atom. The Bertz CT molecular complexity index is 1090. The van der Waals surface area contributed by atoms with E-state index in [-0.39, 0.29) is 36.6 Å². The number of aromatic nitrogens is 2. The van der Waals surface area contributed by atoms with E-state index in [2.05, 4.69) is 10.1 Å². The van der Waals surface area contributed by atoms with Crippen molar-refractivity contribution < 1.29 is 23.3 Å². The highest BCUT2D eigenvalue weighted by molar-refractivity contribution is 7.45. The normalized spacial score (nSPS) is 21.5. The molecule has 0 saturated carbocycles. The molecule has 1 aliphatic heterocycles. The minimum Gasteiger partial charge on any atom is -0.462 e. The maximum atomic E-state index is 12.8. The Morgan fingerprint density at radius 3 is 2.56 bits per heavy atom. The van der Waals surface area contributed by atoms with Crippen molar-refractivity contribution in [3.8, 4) is 5.75 Å². The first-order chi connectivity index (χ1) is 17.1. The number of nitrogens with one attached hydrogen (secondary N) is 2. The number of esters is 1. The molecule has 0 amide bonds. The summed E-state index contributed by atoms with van der Waals surface area (Å²) in [5, 5.41) is 3.23. The molecule has 1 saturated heterocycles. The summed E-state index contributed by atoms with van der Waals surface area (Å²) in [6.07, 6.45) is 1.58. The zero-order valence-corrected chi connectivity index (χ0v) is 22.3. The Balaban J connectivity index is 1.70. The van der Waals surface area contributed by atoms with Crippen LogP contribution in [0.5, 0.6) is 5.75 Å². The third-order valence-electron chi connectivity index (χ3n) is 5.49. The minimum absolute atomic E-state index is 0.0196. The van der Waals surface area contributed by atoms with Gasteiger partial charge in [0.15, 0.2) is 0 Å². The fraction of sp³-hybridized carbons (Fsp3) is 0.560. The zero-order valence-electron chi connectivity index (χ0n) is 21.4. The summed E-state index contributed by atoms with van der Waals surface area (Å²) in [5.41, 5.74) is -0.971. The van der Waals surface area contributed by atoms with Crippen LogP contribution in [0.1, 0.15) is 53.7 Å². The Hall–Kier alpha value is -2.52. The van der Waals surface area contributed by atoms with Crippen LogP contribution in [0.2, 0.25) is 0 Å². The SMILES string of the molecule is CC(C)CC(NP(OCC1CC(C)C(n2ccc(=O)[nH]c2=O)O1)Oc1ccccc1)C(=O)OC(C)C. The lowest BCUT2D eigenvalue weighted by molar-refractivity contribution is -0.149. The van der Waals surface area contributed by atoms with Gasteiger partial charge >= 0.3 is 20.2 Å². The van der Waals surface area contributed by atoms with Crippen LogP contribution in [0.4, 0.5) is 0 Å². The summed E-state index contributed by atoms with van der Waals surface area (Å²) < 4.78 is 25.2. The summed E-state index contributed by atoms with van der Waals surface area (Å²) in [6.45, 7) is 9.86. The number of hydrogen-bond acceptors (Lipinski definition) is 8. The van der Waals surface area contributed by atoms with Gasteiger partial charge in [-0.2, -0.15) is 0 Å². The number of rotatable bonds is 12. The van der Waals surface area contributed by atoms with Gasteiger partial charge in [-0.3, -0.25) is 19.1 Å². The van der Waals surface area contributed by atoms with Crippen molar-refractivity contribution in [2.75, 3.05) is 6.61 Å². The summed E-state index contributed by atoms with van der Waals surface area (Å²) >= 11 is 0. The van der Waals surface area contributed by atoms with E-state index in [9.17, 15) is 14.4 Å². The summed E-state index contributed by atoms with van der Waals surface area (Å²) in [5.74, 6) is 0.516. The molecule has 1 aromatic carbocycles. The molecular formula is C25H36N3O7P. The van der Waals surface area contributed by atoms with Gasteiger partial charge in [0.2, 0.25) is 0 Å². The quantitative estimate of drug-likeness (QED) is 0.320. The maximum absolute atomic E-state index is 12.8. The fourth-order valence-corrected chi connectivity index (χ4v) is 5.19. The van der Waals surface area contributed by atoms with Crippen molar-refractivity contribution in [3.05, 3.63) is 63.4 Å². The minimum atomic E-state index is -1.72. The van der Waals surface area contributed by atoms with E-state index in [0.29, 0.717) is 18.6 Å². The van der Waals surface area contributed by atoms with Crippen LogP contribution >= 0.6 is 8.53 Å². The first-order valence-electron chi connectivity index (χ1n) is 12.2. The van der Waals surface area contributed by atoms with E-state index in [1.165, 1.54) is 16.8 Å². The van der Waals surface area contributed by atoms with E-state index >= 15 is 0 Å². The predicted octanol–water partition coefficient (Wildman–Crippen LogP) is 3.74. The molecule has 5 atom stereocenters. The van der Waals surface area contributed by atoms with Crippen molar-refractivity contribution in [2.24, 2.45) is 11.8 Å². The van der Waals surface area contributed by atoms with Crippen LogP contribution in [-0.2, 0) is 18.8 Å². The largest absolute Gasteiger partial charge is 0.462 e. The van der Waals surface area contributed by atoms with Crippen molar-refractivity contribution in [1.29, 1.82) is 0 Å². The molecule has 1 fully saturated rings. The number of para-hydroxylation sites is 1. The van der Waals surface area contributed by atoms with E-state index in [0.717, 1.165) is 0 Å². The first-order valence-corrected chi connectivity index (χ1v) is 13.4. The number of hydrogen-bond donors (Lipinski definition) is 2. The Labute approximate surface area is 212 Å². The van der Waals surface area contributed by atoms with Gasteiger partial charge in [0, 0.05) is 18.2 Å². The Morgan fingerprint density at radius 2 is 1.92 bits per heavy atom. The van der Waals surface area contributed by atoms with Gasteiger partial charge in [-0.25, -0.2) is 9.88 Å². The number of nitrogens with zero attached hydrogens (tertiary/aromatic N) is 1. The molecule has 5 unspecified atom stereocenters. The van der Waals surface area contributed by atoms with Crippen LogP contribution < -0.4 is 20.9 Å². The second-order valence-electron chi connectivity index (χ2n) is 9.63. The monoisotopic (exact) mass is 521 g/mol. The van der Waals surface area contributed by atoms with Crippen LogP contribution in [0.3, 0.4) is 0 Å². The highest BCUT2D eigenvalue weighted by Gasteiger charge is 2.36. The lowest BCUT2D eigenvalue weighted by Crippen LogP contribution is -2.38. The standard InChI is InChI=1S/C25H36N3O7P/c1-16(2)13-21(24(30)33-17(3)4)27-36(35-19-9-7-6-8-10-19)32-15-20-14-18(5)23(34-20)28-12-11-22(29)26-25(28)31/h6-12,16-18,20-21,23,27H,13-15H2,1-5H3,(H,26,29,31). The smallest absolute Gasteiger partial charge is 0.330 e. The molecule has 0 aliphatic carbocycles. The van der Waals surface area contributed by atoms with Crippen molar-refractivity contribution in [1.82, 2.24) is 14.6 Å². The average molecular weight is 522 g/mol. The third-order valence-corrected chi connectivity index (χ3v) is 6.78. The van der Waals surface area contributed by atoms with Crippen molar-refractivity contribution in [2.45, 2.75) is 71.9 Å². The van der Waals surface area contributed by atoms with Crippen LogP contribution in [0.25, 0.3) is 0 Å². The molecule has 2 aromatic rings. The van der Waals surface area contributed by atoms with Gasteiger partial charge in [0.25, 0.3) is 5.56 Å². The molecule has 198 valence electrons.